The molecule has 0 radical (unpaired) electrons. The molecule has 0 aromatic heterocycles. The predicted molar refractivity (Wildman–Crippen MR) is 66.7 cm³/mol. The highest BCUT2D eigenvalue weighted by Crippen LogP contribution is 2.26. The van der Waals surface area contributed by atoms with Crippen molar-refractivity contribution in [3.63, 3.8) is 0 Å². The highest BCUT2D eigenvalue weighted by Gasteiger charge is 2.41. The van der Waals surface area contributed by atoms with Crippen molar-refractivity contribution in [2.24, 2.45) is 0 Å². The minimum absolute atomic E-state index is 0.0710. The lowest BCUT2D eigenvalue weighted by Gasteiger charge is -2.37. The molecule has 3 rings (SSSR count). The maximum atomic E-state index is 13.3. The van der Waals surface area contributed by atoms with E-state index in [4.69, 9.17) is 5.26 Å². The van der Waals surface area contributed by atoms with Crippen LogP contribution in [0.3, 0.4) is 0 Å². The van der Waals surface area contributed by atoms with Crippen LogP contribution in [0, 0.1) is 28.8 Å². The number of amides is 1. The Kier molecular flexibility index (Phi) is 3.33. The van der Waals surface area contributed by atoms with Crippen LogP contribution in [0.1, 0.15) is 16.8 Å². The topological polar surface area (TPSA) is 47.3 Å². The van der Waals surface area contributed by atoms with Crippen LogP contribution >= 0.6 is 0 Å². The van der Waals surface area contributed by atoms with Gasteiger partial charge in [-0.3, -0.25) is 9.69 Å². The van der Waals surface area contributed by atoms with E-state index in [1.54, 1.807) is 0 Å². The summed E-state index contributed by atoms with van der Waals surface area (Å²) in [5, 5.41) is 9.11. The Morgan fingerprint density at radius 2 is 1.90 bits per heavy atom. The second-order valence-electron chi connectivity index (χ2n) is 5.29. The van der Waals surface area contributed by atoms with Gasteiger partial charge in [0, 0.05) is 24.7 Å². The number of piperazine rings is 1. The third-order valence-corrected chi connectivity index (χ3v) is 4.09. The Morgan fingerprint density at radius 1 is 1.24 bits per heavy atom. The van der Waals surface area contributed by atoms with E-state index in [9.17, 15) is 18.0 Å². The number of hydrogen-bond acceptors (Lipinski definition) is 3. The molecule has 3 atom stereocenters. The van der Waals surface area contributed by atoms with E-state index in [2.05, 4.69) is 6.07 Å². The van der Waals surface area contributed by atoms with Crippen molar-refractivity contribution < 1.29 is 18.0 Å². The molecule has 0 aliphatic carbocycles. The third-order valence-electron chi connectivity index (χ3n) is 4.09. The Balaban J connectivity index is 1.90. The van der Waals surface area contributed by atoms with Crippen LogP contribution in [-0.4, -0.2) is 47.4 Å². The first-order chi connectivity index (χ1) is 10.0. The van der Waals surface area contributed by atoms with E-state index in [-0.39, 0.29) is 18.2 Å². The number of fused-ring (bicyclic) bond motifs is 2. The Hall–Kier alpha value is -2.07. The molecule has 2 aliphatic rings. The van der Waals surface area contributed by atoms with Gasteiger partial charge in [-0.1, -0.05) is 0 Å². The molecule has 2 fully saturated rings. The number of benzene rings is 1. The molecular weight excluding hydrogens is 283 g/mol. The fraction of sp³-hybridized carbons (Fsp3) is 0.429. The normalized spacial score (nSPS) is 27.5. The van der Waals surface area contributed by atoms with Crippen molar-refractivity contribution >= 4 is 5.91 Å². The predicted octanol–water partition coefficient (Wildman–Crippen LogP) is 1.53. The summed E-state index contributed by atoms with van der Waals surface area (Å²) in [4.78, 5) is 15.9. The molecule has 1 aromatic rings. The minimum atomic E-state index is -1.59. The van der Waals surface area contributed by atoms with Gasteiger partial charge in [0.2, 0.25) is 0 Å². The van der Waals surface area contributed by atoms with E-state index < -0.39 is 29.4 Å². The van der Waals surface area contributed by atoms with Crippen molar-refractivity contribution in [3.8, 4) is 6.07 Å². The number of carbonyl (C=O) groups is 1. The molecule has 4 nitrogen and oxygen atoms in total. The number of hydrogen-bond donors (Lipinski definition) is 0. The largest absolute Gasteiger partial charge is 0.332 e. The standard InChI is InChI=1S/C14H12F3N3O/c15-11-3-8(4-12(16)13(11)17)14(21)20-7-10(5-18)19-2-1-9(20)6-19/h3-4,9-10H,1-2,6-7H2. The van der Waals surface area contributed by atoms with Crippen LogP contribution < -0.4 is 0 Å². The van der Waals surface area contributed by atoms with Crippen LogP contribution in [0.4, 0.5) is 13.2 Å². The molecular formula is C14H12F3N3O. The summed E-state index contributed by atoms with van der Waals surface area (Å²) >= 11 is 0. The molecule has 0 spiro atoms. The van der Waals surface area contributed by atoms with Gasteiger partial charge in [0.05, 0.1) is 12.6 Å². The van der Waals surface area contributed by atoms with Gasteiger partial charge < -0.3 is 4.90 Å². The van der Waals surface area contributed by atoms with Gasteiger partial charge in [0.1, 0.15) is 6.04 Å². The lowest BCUT2D eigenvalue weighted by atomic mass is 10.1. The fourth-order valence-electron chi connectivity index (χ4n) is 2.97. The molecule has 2 aliphatic heterocycles. The number of halogens is 3. The van der Waals surface area contributed by atoms with Crippen molar-refractivity contribution in [2.75, 3.05) is 19.6 Å². The maximum absolute atomic E-state index is 13.3. The molecule has 21 heavy (non-hydrogen) atoms. The van der Waals surface area contributed by atoms with Gasteiger partial charge in [-0.15, -0.1) is 0 Å². The quantitative estimate of drug-likeness (QED) is 0.738. The second-order valence-corrected chi connectivity index (χ2v) is 5.29. The first-order valence-corrected chi connectivity index (χ1v) is 6.60. The molecule has 110 valence electrons. The van der Waals surface area contributed by atoms with Crippen molar-refractivity contribution in [1.82, 2.24) is 9.80 Å². The Bertz CT molecular complexity index is 620. The van der Waals surface area contributed by atoms with Gasteiger partial charge in [-0.25, -0.2) is 13.2 Å². The average Bonchev–Trinajstić information content (AvgIpc) is 2.88. The Morgan fingerprint density at radius 3 is 2.52 bits per heavy atom. The summed E-state index contributed by atoms with van der Waals surface area (Å²) in [5.41, 5.74) is -0.233. The van der Waals surface area contributed by atoms with E-state index in [0.717, 1.165) is 13.0 Å². The highest BCUT2D eigenvalue weighted by atomic mass is 19.2. The SMILES string of the molecule is N#CC1CN(C(=O)c2cc(F)c(F)c(F)c2)C2CCN1C2. The monoisotopic (exact) mass is 295 g/mol. The summed E-state index contributed by atoms with van der Waals surface area (Å²) in [6.45, 7) is 1.50. The van der Waals surface area contributed by atoms with Crippen LogP contribution in [0.25, 0.3) is 0 Å². The van der Waals surface area contributed by atoms with Gasteiger partial charge in [-0.2, -0.15) is 5.26 Å². The van der Waals surface area contributed by atoms with Crippen LogP contribution in [0.5, 0.6) is 0 Å². The van der Waals surface area contributed by atoms with Crippen molar-refractivity contribution in [2.45, 2.75) is 18.5 Å². The first-order valence-electron chi connectivity index (χ1n) is 6.60. The fourth-order valence-corrected chi connectivity index (χ4v) is 2.97. The van der Waals surface area contributed by atoms with E-state index in [1.807, 2.05) is 4.90 Å². The number of rotatable bonds is 1. The molecule has 1 amide bonds. The van der Waals surface area contributed by atoms with Gasteiger partial charge in [0.25, 0.3) is 5.91 Å². The zero-order valence-electron chi connectivity index (χ0n) is 11.0. The molecule has 2 bridgehead atoms. The van der Waals surface area contributed by atoms with Crippen molar-refractivity contribution in [3.05, 3.63) is 35.1 Å². The number of carbonyl (C=O) groups excluding carboxylic acids is 1. The summed E-state index contributed by atoms with van der Waals surface area (Å²) in [6, 6.07) is 3.03. The molecule has 3 unspecified atom stereocenters. The molecule has 0 saturated carbocycles. The van der Waals surface area contributed by atoms with Gasteiger partial charge in [0.15, 0.2) is 17.5 Å². The number of nitriles is 1. The van der Waals surface area contributed by atoms with Crippen molar-refractivity contribution in [1.29, 1.82) is 5.26 Å². The van der Waals surface area contributed by atoms with Gasteiger partial charge >= 0.3 is 0 Å². The summed E-state index contributed by atoms with van der Waals surface area (Å²) in [6.07, 6.45) is 0.718. The van der Waals surface area contributed by atoms with E-state index in [0.29, 0.717) is 18.7 Å². The summed E-state index contributed by atoms with van der Waals surface area (Å²) in [7, 11) is 0. The molecule has 2 saturated heterocycles. The number of nitrogens with zero attached hydrogens (tertiary/aromatic N) is 3. The zero-order chi connectivity index (χ0) is 15.1. The lowest BCUT2D eigenvalue weighted by Crippen LogP contribution is -2.54. The average molecular weight is 295 g/mol. The smallest absolute Gasteiger partial charge is 0.254 e. The van der Waals surface area contributed by atoms with E-state index in [1.165, 1.54) is 4.90 Å². The highest BCUT2D eigenvalue weighted by molar-refractivity contribution is 5.94. The van der Waals surface area contributed by atoms with Crippen LogP contribution in [0.2, 0.25) is 0 Å². The first kappa shape index (κ1) is 13.9. The third kappa shape index (κ3) is 2.25. The van der Waals surface area contributed by atoms with Crippen LogP contribution in [0.15, 0.2) is 12.1 Å². The summed E-state index contributed by atoms with van der Waals surface area (Å²) < 4.78 is 39.5. The zero-order valence-corrected chi connectivity index (χ0v) is 11.0. The minimum Gasteiger partial charge on any atom is -0.332 e. The molecule has 1 aromatic carbocycles. The summed E-state index contributed by atoms with van der Waals surface area (Å²) in [5.74, 6) is -4.94. The molecule has 7 heteroatoms. The maximum Gasteiger partial charge on any atom is 0.254 e. The molecule has 0 N–H and O–H groups in total. The van der Waals surface area contributed by atoms with Gasteiger partial charge in [-0.05, 0) is 18.6 Å². The molecule has 2 heterocycles. The van der Waals surface area contributed by atoms with Crippen LogP contribution in [-0.2, 0) is 0 Å². The Labute approximate surface area is 119 Å². The second kappa shape index (κ2) is 5.04. The van der Waals surface area contributed by atoms with E-state index >= 15 is 0 Å². The lowest BCUT2D eigenvalue weighted by molar-refractivity contribution is 0.0556.